The number of ether oxygens (including phenoxy) is 1. The molecule has 4 nitrogen and oxygen atoms in total. The maximum atomic E-state index is 11.9. The van der Waals surface area contributed by atoms with Crippen molar-refractivity contribution in [2.75, 3.05) is 13.2 Å². The number of benzene rings is 1. The largest absolute Gasteiger partial charge is 0.484 e. The molecular formula is C17H26N2O2. The van der Waals surface area contributed by atoms with Gasteiger partial charge in [0.2, 0.25) is 0 Å². The summed E-state index contributed by atoms with van der Waals surface area (Å²) in [5.41, 5.74) is 1.17. The van der Waals surface area contributed by atoms with Gasteiger partial charge in [0.05, 0.1) is 0 Å². The van der Waals surface area contributed by atoms with E-state index >= 15 is 0 Å². The van der Waals surface area contributed by atoms with Crippen LogP contribution in [0, 0.1) is 0 Å². The molecular weight excluding hydrogens is 264 g/mol. The van der Waals surface area contributed by atoms with Crippen molar-refractivity contribution in [2.24, 2.45) is 0 Å². The summed E-state index contributed by atoms with van der Waals surface area (Å²) >= 11 is 0. The van der Waals surface area contributed by atoms with Crippen LogP contribution < -0.4 is 15.4 Å². The second-order valence-corrected chi connectivity index (χ2v) is 5.62. The molecule has 116 valence electrons. The van der Waals surface area contributed by atoms with E-state index in [4.69, 9.17) is 4.74 Å². The number of rotatable bonds is 7. The van der Waals surface area contributed by atoms with Gasteiger partial charge in [0.25, 0.3) is 5.91 Å². The van der Waals surface area contributed by atoms with Crippen LogP contribution >= 0.6 is 0 Å². The topological polar surface area (TPSA) is 50.4 Å². The molecule has 1 aliphatic rings. The fourth-order valence-electron chi connectivity index (χ4n) is 2.68. The molecule has 1 fully saturated rings. The van der Waals surface area contributed by atoms with Gasteiger partial charge >= 0.3 is 0 Å². The molecule has 0 spiro atoms. The third-order valence-electron chi connectivity index (χ3n) is 3.82. The Labute approximate surface area is 127 Å². The molecule has 0 atom stereocenters. The summed E-state index contributed by atoms with van der Waals surface area (Å²) in [5.74, 6) is 0.739. The first-order valence-electron chi connectivity index (χ1n) is 7.99. The molecule has 0 bridgehead atoms. The molecule has 2 N–H and O–H groups in total. The van der Waals surface area contributed by atoms with Crippen molar-refractivity contribution in [3.8, 4) is 5.75 Å². The van der Waals surface area contributed by atoms with Crippen molar-refractivity contribution in [3.63, 3.8) is 0 Å². The molecule has 1 aromatic carbocycles. The van der Waals surface area contributed by atoms with Gasteiger partial charge in [-0.15, -0.1) is 0 Å². The van der Waals surface area contributed by atoms with E-state index in [2.05, 4.69) is 23.6 Å². The number of nitrogens with one attached hydrogen (secondary N) is 2. The van der Waals surface area contributed by atoms with E-state index in [1.165, 1.54) is 24.8 Å². The standard InChI is InChI=1S/C17H26N2O2/c1-2-18-12-14-7-6-10-16(11-14)21-13-17(20)19-15-8-4-3-5-9-15/h6-7,10-11,15,18H,2-5,8-9,12-13H2,1H3,(H,19,20). The first kappa shape index (κ1) is 15.8. The zero-order valence-corrected chi connectivity index (χ0v) is 12.9. The van der Waals surface area contributed by atoms with Crippen LogP contribution in [-0.2, 0) is 11.3 Å². The molecule has 0 aromatic heterocycles. The average Bonchev–Trinajstić information content (AvgIpc) is 2.52. The van der Waals surface area contributed by atoms with Crippen LogP contribution in [0.3, 0.4) is 0 Å². The SMILES string of the molecule is CCNCc1cccc(OCC(=O)NC2CCCCC2)c1. The lowest BCUT2D eigenvalue weighted by atomic mass is 9.95. The predicted octanol–water partition coefficient (Wildman–Crippen LogP) is 2.62. The normalized spacial score (nSPS) is 15.7. The highest BCUT2D eigenvalue weighted by Gasteiger charge is 2.15. The molecule has 0 saturated heterocycles. The Balaban J connectivity index is 1.75. The minimum Gasteiger partial charge on any atom is -0.484 e. The lowest BCUT2D eigenvalue weighted by molar-refractivity contribution is -0.124. The summed E-state index contributed by atoms with van der Waals surface area (Å²) < 4.78 is 5.59. The lowest BCUT2D eigenvalue weighted by Crippen LogP contribution is -2.38. The van der Waals surface area contributed by atoms with Gasteiger partial charge in [-0.05, 0) is 37.1 Å². The Morgan fingerprint density at radius 3 is 2.86 bits per heavy atom. The fraction of sp³-hybridized carbons (Fsp3) is 0.588. The van der Waals surface area contributed by atoms with Crippen molar-refractivity contribution in [1.29, 1.82) is 0 Å². The molecule has 0 aliphatic heterocycles. The van der Waals surface area contributed by atoms with E-state index in [0.29, 0.717) is 6.04 Å². The Morgan fingerprint density at radius 2 is 2.10 bits per heavy atom. The lowest BCUT2D eigenvalue weighted by Gasteiger charge is -2.22. The van der Waals surface area contributed by atoms with Gasteiger partial charge in [0.15, 0.2) is 6.61 Å². The van der Waals surface area contributed by atoms with Crippen molar-refractivity contribution < 1.29 is 9.53 Å². The number of hydrogen-bond donors (Lipinski definition) is 2. The molecule has 1 saturated carbocycles. The Hall–Kier alpha value is -1.55. The first-order chi connectivity index (χ1) is 10.3. The van der Waals surface area contributed by atoms with Gasteiger partial charge < -0.3 is 15.4 Å². The molecule has 0 heterocycles. The van der Waals surface area contributed by atoms with Crippen molar-refractivity contribution in [1.82, 2.24) is 10.6 Å². The second kappa shape index (κ2) is 8.67. The summed E-state index contributed by atoms with van der Waals surface area (Å²) in [5, 5.41) is 6.34. The molecule has 4 heteroatoms. The third kappa shape index (κ3) is 5.76. The third-order valence-corrected chi connectivity index (χ3v) is 3.82. The van der Waals surface area contributed by atoms with E-state index < -0.39 is 0 Å². The molecule has 2 rings (SSSR count). The van der Waals surface area contributed by atoms with Crippen LogP contribution in [0.4, 0.5) is 0 Å². The zero-order valence-electron chi connectivity index (χ0n) is 12.9. The molecule has 1 amide bonds. The highest BCUT2D eigenvalue weighted by molar-refractivity contribution is 5.77. The summed E-state index contributed by atoms with van der Waals surface area (Å²) in [6.07, 6.45) is 5.94. The van der Waals surface area contributed by atoms with Crippen molar-refractivity contribution >= 4 is 5.91 Å². The van der Waals surface area contributed by atoms with E-state index in [-0.39, 0.29) is 12.5 Å². The summed E-state index contributed by atoms with van der Waals surface area (Å²) in [6, 6.07) is 8.23. The van der Waals surface area contributed by atoms with E-state index in [1.54, 1.807) is 0 Å². The van der Waals surface area contributed by atoms with Crippen LogP contribution in [0.2, 0.25) is 0 Å². The van der Waals surface area contributed by atoms with Gasteiger partial charge in [0.1, 0.15) is 5.75 Å². The van der Waals surface area contributed by atoms with Crippen LogP contribution in [0.25, 0.3) is 0 Å². The maximum Gasteiger partial charge on any atom is 0.258 e. The Morgan fingerprint density at radius 1 is 1.29 bits per heavy atom. The minimum absolute atomic E-state index is 0.0148. The van der Waals surface area contributed by atoms with Crippen LogP contribution in [0.5, 0.6) is 5.75 Å². The quantitative estimate of drug-likeness (QED) is 0.811. The molecule has 0 radical (unpaired) electrons. The number of hydrogen-bond acceptors (Lipinski definition) is 3. The number of carbonyl (C=O) groups excluding carboxylic acids is 1. The van der Waals surface area contributed by atoms with Crippen LogP contribution in [-0.4, -0.2) is 25.1 Å². The van der Waals surface area contributed by atoms with Gasteiger partial charge in [0, 0.05) is 12.6 Å². The zero-order chi connectivity index (χ0) is 14.9. The van der Waals surface area contributed by atoms with Gasteiger partial charge in [-0.25, -0.2) is 0 Å². The fourth-order valence-corrected chi connectivity index (χ4v) is 2.68. The van der Waals surface area contributed by atoms with Gasteiger partial charge in [-0.3, -0.25) is 4.79 Å². The smallest absolute Gasteiger partial charge is 0.258 e. The van der Waals surface area contributed by atoms with Crippen molar-refractivity contribution in [2.45, 2.75) is 51.6 Å². The number of carbonyl (C=O) groups is 1. The van der Waals surface area contributed by atoms with E-state index in [9.17, 15) is 4.79 Å². The van der Waals surface area contributed by atoms with Crippen molar-refractivity contribution in [3.05, 3.63) is 29.8 Å². The Bertz CT molecular complexity index is 442. The Kier molecular flexibility index (Phi) is 6.54. The maximum absolute atomic E-state index is 11.9. The molecule has 0 unspecified atom stereocenters. The second-order valence-electron chi connectivity index (χ2n) is 5.62. The monoisotopic (exact) mass is 290 g/mol. The number of amides is 1. The summed E-state index contributed by atoms with van der Waals surface area (Å²) in [4.78, 5) is 11.9. The highest BCUT2D eigenvalue weighted by atomic mass is 16.5. The molecule has 1 aromatic rings. The minimum atomic E-state index is -0.0148. The van der Waals surface area contributed by atoms with Crippen LogP contribution in [0.15, 0.2) is 24.3 Å². The first-order valence-corrected chi connectivity index (χ1v) is 7.99. The predicted molar refractivity (Wildman–Crippen MR) is 84.3 cm³/mol. The molecule has 21 heavy (non-hydrogen) atoms. The van der Waals surface area contributed by atoms with E-state index in [0.717, 1.165) is 31.7 Å². The van der Waals surface area contributed by atoms with Gasteiger partial charge in [-0.2, -0.15) is 0 Å². The van der Waals surface area contributed by atoms with E-state index in [1.807, 2.05) is 18.2 Å². The summed E-state index contributed by atoms with van der Waals surface area (Å²) in [7, 11) is 0. The summed E-state index contributed by atoms with van der Waals surface area (Å²) in [6.45, 7) is 3.94. The van der Waals surface area contributed by atoms with Crippen LogP contribution in [0.1, 0.15) is 44.6 Å². The average molecular weight is 290 g/mol. The highest BCUT2D eigenvalue weighted by Crippen LogP contribution is 2.17. The molecule has 1 aliphatic carbocycles. The van der Waals surface area contributed by atoms with Gasteiger partial charge in [-0.1, -0.05) is 38.3 Å².